The molecule has 0 bridgehead atoms. The predicted octanol–water partition coefficient (Wildman–Crippen LogP) is 2.79. The lowest BCUT2D eigenvalue weighted by atomic mass is 10.1. The second-order valence-corrected chi connectivity index (χ2v) is 5.01. The van der Waals surface area contributed by atoms with Crippen LogP contribution < -0.4 is 5.32 Å². The van der Waals surface area contributed by atoms with Crippen LogP contribution in [0.5, 0.6) is 5.75 Å². The molecule has 0 amide bonds. The number of benzene rings is 2. The van der Waals surface area contributed by atoms with Crippen molar-refractivity contribution < 1.29 is 14.6 Å². The van der Waals surface area contributed by atoms with E-state index in [4.69, 9.17) is 0 Å². The van der Waals surface area contributed by atoms with Crippen molar-refractivity contribution in [2.45, 2.75) is 18.9 Å². The minimum atomic E-state index is -0.841. The van der Waals surface area contributed by atoms with Crippen molar-refractivity contribution in [2.24, 2.45) is 0 Å². The zero-order valence-electron chi connectivity index (χ0n) is 11.8. The Kier molecular flexibility index (Phi) is 5.72. The van der Waals surface area contributed by atoms with Gasteiger partial charge in [0.25, 0.3) is 0 Å². The number of hydrogen-bond acceptors (Lipinski definition) is 3. The highest BCUT2D eigenvalue weighted by Crippen LogP contribution is 2.15. The minimum Gasteiger partial charge on any atom is -0.508 e. The van der Waals surface area contributed by atoms with E-state index in [0.717, 1.165) is 24.9 Å². The summed E-state index contributed by atoms with van der Waals surface area (Å²) in [6.45, 7) is 1.04. The van der Waals surface area contributed by atoms with Crippen LogP contribution in [0.25, 0.3) is 0 Å². The number of phenolic OH excluding ortho intramolecular Hbond substituents is 1. The Labute approximate surface area is 124 Å². The van der Waals surface area contributed by atoms with Gasteiger partial charge in [-0.1, -0.05) is 30.3 Å². The number of hydrogen-bond donors (Lipinski definition) is 3. The molecule has 0 unspecified atom stereocenters. The third kappa shape index (κ3) is 4.85. The van der Waals surface area contributed by atoms with Crippen LogP contribution in [0.2, 0.25) is 0 Å². The Morgan fingerprint density at radius 1 is 1.10 bits per heavy atom. The molecule has 4 heteroatoms. The Morgan fingerprint density at radius 3 is 2.67 bits per heavy atom. The van der Waals surface area contributed by atoms with Crippen LogP contribution in [0.15, 0.2) is 48.5 Å². The van der Waals surface area contributed by atoms with Crippen LogP contribution >= 0.6 is 0 Å². The Bertz CT molecular complexity index is 574. The molecule has 0 saturated carbocycles. The zero-order chi connectivity index (χ0) is 15.1. The zero-order valence-corrected chi connectivity index (χ0v) is 11.8. The highest BCUT2D eigenvalue weighted by atomic mass is 19.1. The average Bonchev–Trinajstić information content (AvgIpc) is 2.47. The topological polar surface area (TPSA) is 52.5 Å². The summed E-state index contributed by atoms with van der Waals surface area (Å²) in [6, 6.07) is 13.4. The van der Waals surface area contributed by atoms with Gasteiger partial charge in [0.15, 0.2) is 0 Å². The molecule has 0 aliphatic rings. The minimum absolute atomic E-state index is 0.274. The van der Waals surface area contributed by atoms with Crippen molar-refractivity contribution in [3.8, 4) is 5.75 Å². The normalized spacial score (nSPS) is 12.3. The summed E-state index contributed by atoms with van der Waals surface area (Å²) in [5.41, 5.74) is 1.39. The van der Waals surface area contributed by atoms with Gasteiger partial charge in [-0.25, -0.2) is 4.39 Å². The first-order valence-corrected chi connectivity index (χ1v) is 7.08. The summed E-state index contributed by atoms with van der Waals surface area (Å²) in [5.74, 6) is -0.109. The first kappa shape index (κ1) is 15.5. The SMILES string of the molecule is Oc1cccc(CCCNC[C@H](O)c2ccccc2F)c1. The van der Waals surface area contributed by atoms with Gasteiger partial charge >= 0.3 is 0 Å². The van der Waals surface area contributed by atoms with Crippen molar-refractivity contribution >= 4 is 0 Å². The van der Waals surface area contributed by atoms with E-state index in [1.54, 1.807) is 30.3 Å². The molecule has 0 heterocycles. The molecule has 0 radical (unpaired) electrons. The summed E-state index contributed by atoms with van der Waals surface area (Å²) >= 11 is 0. The molecule has 0 aromatic heterocycles. The highest BCUT2D eigenvalue weighted by molar-refractivity contribution is 5.27. The largest absolute Gasteiger partial charge is 0.508 e. The van der Waals surface area contributed by atoms with Crippen molar-refractivity contribution in [3.05, 3.63) is 65.5 Å². The molecule has 0 fully saturated rings. The van der Waals surface area contributed by atoms with Crippen molar-refractivity contribution in [3.63, 3.8) is 0 Å². The average molecular weight is 289 g/mol. The van der Waals surface area contributed by atoms with Gasteiger partial charge in [-0.15, -0.1) is 0 Å². The molecule has 0 spiro atoms. The van der Waals surface area contributed by atoms with Crippen molar-refractivity contribution in [2.75, 3.05) is 13.1 Å². The molecule has 3 N–H and O–H groups in total. The number of aliphatic hydroxyl groups is 1. The Morgan fingerprint density at radius 2 is 1.90 bits per heavy atom. The highest BCUT2D eigenvalue weighted by Gasteiger charge is 2.11. The molecule has 112 valence electrons. The van der Waals surface area contributed by atoms with E-state index < -0.39 is 6.10 Å². The monoisotopic (exact) mass is 289 g/mol. The second kappa shape index (κ2) is 7.76. The van der Waals surface area contributed by atoms with E-state index in [2.05, 4.69) is 5.32 Å². The van der Waals surface area contributed by atoms with E-state index in [9.17, 15) is 14.6 Å². The molecule has 1 atom stereocenters. The summed E-state index contributed by atoms with van der Waals surface area (Å²) in [4.78, 5) is 0. The summed E-state index contributed by atoms with van der Waals surface area (Å²) in [6.07, 6.45) is 0.886. The van der Waals surface area contributed by atoms with E-state index >= 15 is 0 Å². The van der Waals surface area contributed by atoms with E-state index in [1.165, 1.54) is 6.07 Å². The lowest BCUT2D eigenvalue weighted by molar-refractivity contribution is 0.170. The maximum atomic E-state index is 13.5. The number of halogens is 1. The second-order valence-electron chi connectivity index (χ2n) is 5.01. The molecule has 2 rings (SSSR count). The van der Waals surface area contributed by atoms with Gasteiger partial charge in [-0.05, 0) is 43.1 Å². The van der Waals surface area contributed by atoms with Gasteiger partial charge in [0, 0.05) is 12.1 Å². The quantitative estimate of drug-likeness (QED) is 0.687. The fourth-order valence-electron chi connectivity index (χ4n) is 2.22. The lowest BCUT2D eigenvalue weighted by Gasteiger charge is -2.13. The summed E-state index contributed by atoms with van der Waals surface area (Å²) in [5, 5.41) is 22.4. The number of nitrogens with one attached hydrogen (secondary N) is 1. The Balaban J connectivity index is 1.69. The number of aryl methyl sites for hydroxylation is 1. The standard InChI is InChI=1S/C17H20FNO2/c18-16-9-2-1-8-15(16)17(21)12-19-10-4-6-13-5-3-7-14(20)11-13/h1-3,5,7-9,11,17,19-21H,4,6,10,12H2/t17-/m0/s1. The van der Waals surface area contributed by atoms with Crippen LogP contribution in [0.3, 0.4) is 0 Å². The molecule has 21 heavy (non-hydrogen) atoms. The molecule has 0 aliphatic carbocycles. The van der Waals surface area contributed by atoms with Crippen LogP contribution in [0.1, 0.15) is 23.7 Å². The molecular formula is C17H20FNO2. The van der Waals surface area contributed by atoms with Crippen LogP contribution in [0, 0.1) is 5.82 Å². The van der Waals surface area contributed by atoms with Gasteiger partial charge in [0.1, 0.15) is 11.6 Å². The first-order chi connectivity index (χ1) is 10.2. The third-order valence-electron chi connectivity index (χ3n) is 3.33. The number of aliphatic hydroxyl groups excluding tert-OH is 1. The molecule has 0 aliphatic heterocycles. The molecule has 3 nitrogen and oxygen atoms in total. The number of phenols is 1. The lowest BCUT2D eigenvalue weighted by Crippen LogP contribution is -2.23. The van der Waals surface area contributed by atoms with Gasteiger partial charge in [-0.2, -0.15) is 0 Å². The van der Waals surface area contributed by atoms with E-state index in [-0.39, 0.29) is 11.6 Å². The smallest absolute Gasteiger partial charge is 0.129 e. The van der Waals surface area contributed by atoms with Crippen LogP contribution in [0.4, 0.5) is 4.39 Å². The molecule has 0 saturated heterocycles. The van der Waals surface area contributed by atoms with Gasteiger partial charge in [0.05, 0.1) is 6.10 Å². The first-order valence-electron chi connectivity index (χ1n) is 7.08. The molecule has 2 aromatic carbocycles. The number of rotatable bonds is 7. The Hall–Kier alpha value is -1.91. The molecular weight excluding hydrogens is 269 g/mol. The fraction of sp³-hybridized carbons (Fsp3) is 0.294. The molecule has 2 aromatic rings. The van der Waals surface area contributed by atoms with Crippen molar-refractivity contribution in [1.29, 1.82) is 0 Å². The summed E-state index contributed by atoms with van der Waals surface area (Å²) in [7, 11) is 0. The third-order valence-corrected chi connectivity index (χ3v) is 3.33. The van der Waals surface area contributed by atoms with E-state index in [1.807, 2.05) is 12.1 Å². The van der Waals surface area contributed by atoms with Crippen molar-refractivity contribution in [1.82, 2.24) is 5.32 Å². The van der Waals surface area contributed by atoms with Gasteiger partial charge in [0.2, 0.25) is 0 Å². The van der Waals surface area contributed by atoms with Gasteiger partial charge in [-0.3, -0.25) is 0 Å². The van der Waals surface area contributed by atoms with Crippen LogP contribution in [-0.4, -0.2) is 23.3 Å². The maximum absolute atomic E-state index is 13.5. The van der Waals surface area contributed by atoms with Gasteiger partial charge < -0.3 is 15.5 Å². The van der Waals surface area contributed by atoms with Crippen LogP contribution in [-0.2, 0) is 6.42 Å². The fourth-order valence-corrected chi connectivity index (χ4v) is 2.22. The summed E-state index contributed by atoms with van der Waals surface area (Å²) < 4.78 is 13.5. The maximum Gasteiger partial charge on any atom is 0.129 e. The predicted molar refractivity (Wildman–Crippen MR) is 80.7 cm³/mol. The number of aromatic hydroxyl groups is 1. The van der Waals surface area contributed by atoms with E-state index in [0.29, 0.717) is 12.1 Å².